The molecule has 0 aliphatic carbocycles. The molecule has 19 heavy (non-hydrogen) atoms. The van der Waals surface area contributed by atoms with E-state index in [1.165, 1.54) is 0 Å². The number of aromatic carboxylic acids is 1. The maximum absolute atomic E-state index is 11.2. The molecule has 2 N–H and O–H groups in total. The van der Waals surface area contributed by atoms with Crippen molar-refractivity contribution in [1.82, 2.24) is 10.2 Å². The van der Waals surface area contributed by atoms with Crippen LogP contribution in [-0.2, 0) is 0 Å². The topological polar surface area (TPSA) is 84.4 Å². The summed E-state index contributed by atoms with van der Waals surface area (Å²) >= 11 is 0. The quantitative estimate of drug-likeness (QED) is 0.860. The van der Waals surface area contributed by atoms with Crippen LogP contribution in [0.5, 0.6) is 11.5 Å². The number of benzene rings is 1. The average molecular weight is 260 g/mol. The molecule has 0 saturated carbocycles. The number of carboxylic acids is 1. The number of hydrogen-bond acceptors (Lipinski definition) is 4. The zero-order valence-corrected chi connectivity index (χ0v) is 10.3. The standard InChI is InChI=1S/C13H12N2O4/c1-7-11(13(16)17)12(15-14-7)8-2-3-9-10(6-8)19-5-4-18-9/h2-3,6H,4-5H2,1H3,(H,14,15)(H,16,17). The number of carbonyl (C=O) groups is 1. The highest BCUT2D eigenvalue weighted by Gasteiger charge is 2.20. The SMILES string of the molecule is Cc1[nH]nc(-c2ccc3c(c2)OCCO3)c1C(=O)O. The lowest BCUT2D eigenvalue weighted by Gasteiger charge is -2.18. The van der Waals surface area contributed by atoms with Crippen molar-refractivity contribution in [3.8, 4) is 22.8 Å². The van der Waals surface area contributed by atoms with E-state index in [9.17, 15) is 9.90 Å². The maximum atomic E-state index is 11.2. The second-order valence-corrected chi connectivity index (χ2v) is 4.24. The van der Waals surface area contributed by atoms with Crippen molar-refractivity contribution < 1.29 is 19.4 Å². The van der Waals surface area contributed by atoms with Gasteiger partial charge in [-0.25, -0.2) is 4.79 Å². The van der Waals surface area contributed by atoms with Crippen molar-refractivity contribution in [3.63, 3.8) is 0 Å². The summed E-state index contributed by atoms with van der Waals surface area (Å²) in [5.41, 5.74) is 1.79. The molecule has 0 spiro atoms. The Balaban J connectivity index is 2.10. The molecule has 0 fully saturated rings. The Hall–Kier alpha value is -2.50. The Morgan fingerprint density at radius 3 is 2.79 bits per heavy atom. The van der Waals surface area contributed by atoms with Crippen molar-refractivity contribution >= 4 is 5.97 Å². The number of H-pyrrole nitrogens is 1. The molecule has 1 aliphatic rings. The van der Waals surface area contributed by atoms with Crippen LogP contribution in [0, 0.1) is 6.92 Å². The summed E-state index contributed by atoms with van der Waals surface area (Å²) in [6.45, 7) is 2.69. The lowest BCUT2D eigenvalue weighted by molar-refractivity contribution is 0.0697. The smallest absolute Gasteiger partial charge is 0.339 e. The Labute approximate surface area is 109 Å². The zero-order valence-electron chi connectivity index (χ0n) is 10.3. The Morgan fingerprint density at radius 2 is 2.05 bits per heavy atom. The predicted molar refractivity (Wildman–Crippen MR) is 66.7 cm³/mol. The fourth-order valence-electron chi connectivity index (χ4n) is 2.09. The van der Waals surface area contributed by atoms with E-state index >= 15 is 0 Å². The molecule has 1 aromatic heterocycles. The van der Waals surface area contributed by atoms with E-state index in [2.05, 4.69) is 10.2 Å². The predicted octanol–water partition coefficient (Wildman–Crippen LogP) is 1.85. The second kappa shape index (κ2) is 4.31. The van der Waals surface area contributed by atoms with Crippen LogP contribution < -0.4 is 9.47 Å². The molecule has 1 aliphatic heterocycles. The van der Waals surface area contributed by atoms with Crippen molar-refractivity contribution in [2.24, 2.45) is 0 Å². The molecule has 0 saturated heterocycles. The van der Waals surface area contributed by atoms with Gasteiger partial charge in [-0.3, -0.25) is 5.10 Å². The van der Waals surface area contributed by atoms with Crippen molar-refractivity contribution in [2.75, 3.05) is 13.2 Å². The number of ether oxygens (including phenoxy) is 2. The molecular weight excluding hydrogens is 248 g/mol. The van der Waals surface area contributed by atoms with Gasteiger partial charge in [0.2, 0.25) is 0 Å². The minimum Gasteiger partial charge on any atom is -0.486 e. The summed E-state index contributed by atoms with van der Waals surface area (Å²) in [4.78, 5) is 11.2. The van der Waals surface area contributed by atoms with Gasteiger partial charge in [0.1, 0.15) is 24.5 Å². The van der Waals surface area contributed by atoms with Gasteiger partial charge in [0.25, 0.3) is 0 Å². The fraction of sp³-hybridized carbons (Fsp3) is 0.231. The molecular formula is C13H12N2O4. The lowest BCUT2D eigenvalue weighted by Crippen LogP contribution is -2.15. The summed E-state index contributed by atoms with van der Waals surface area (Å²) in [7, 11) is 0. The molecule has 3 rings (SSSR count). The van der Waals surface area contributed by atoms with Crippen molar-refractivity contribution in [3.05, 3.63) is 29.5 Å². The first-order valence-electron chi connectivity index (χ1n) is 5.85. The van der Waals surface area contributed by atoms with Crippen LogP contribution in [-0.4, -0.2) is 34.5 Å². The van der Waals surface area contributed by atoms with E-state index in [0.29, 0.717) is 41.7 Å². The van der Waals surface area contributed by atoms with Crippen LogP contribution in [0.2, 0.25) is 0 Å². The van der Waals surface area contributed by atoms with Gasteiger partial charge in [0, 0.05) is 11.3 Å². The fourth-order valence-corrected chi connectivity index (χ4v) is 2.09. The van der Waals surface area contributed by atoms with E-state index in [4.69, 9.17) is 9.47 Å². The van der Waals surface area contributed by atoms with E-state index in [0.717, 1.165) is 0 Å². The van der Waals surface area contributed by atoms with Crippen molar-refractivity contribution in [2.45, 2.75) is 6.92 Å². The molecule has 6 nitrogen and oxygen atoms in total. The molecule has 0 bridgehead atoms. The minimum absolute atomic E-state index is 0.177. The van der Waals surface area contributed by atoms with Gasteiger partial charge in [0.15, 0.2) is 11.5 Å². The number of nitrogens with zero attached hydrogens (tertiary/aromatic N) is 1. The summed E-state index contributed by atoms with van der Waals surface area (Å²) in [5.74, 6) is 0.274. The number of rotatable bonds is 2. The number of aromatic nitrogens is 2. The number of nitrogens with one attached hydrogen (secondary N) is 1. The van der Waals surface area contributed by atoms with Crippen LogP contribution >= 0.6 is 0 Å². The van der Waals surface area contributed by atoms with E-state index in [1.807, 2.05) is 0 Å². The second-order valence-electron chi connectivity index (χ2n) is 4.24. The first-order valence-corrected chi connectivity index (χ1v) is 5.85. The third-order valence-corrected chi connectivity index (χ3v) is 2.98. The molecule has 98 valence electrons. The van der Waals surface area contributed by atoms with Gasteiger partial charge in [-0.05, 0) is 25.1 Å². The molecule has 2 heterocycles. The molecule has 1 aromatic carbocycles. The number of aryl methyl sites for hydroxylation is 1. The van der Waals surface area contributed by atoms with E-state index in [1.54, 1.807) is 25.1 Å². The van der Waals surface area contributed by atoms with Crippen LogP contribution in [0.4, 0.5) is 0 Å². The molecule has 0 radical (unpaired) electrons. The van der Waals surface area contributed by atoms with E-state index in [-0.39, 0.29) is 5.56 Å². The highest BCUT2D eigenvalue weighted by Crippen LogP contribution is 2.35. The van der Waals surface area contributed by atoms with E-state index < -0.39 is 5.97 Å². The lowest BCUT2D eigenvalue weighted by atomic mass is 10.1. The third kappa shape index (κ3) is 1.91. The number of fused-ring (bicyclic) bond motifs is 1. The van der Waals surface area contributed by atoms with Crippen LogP contribution in [0.25, 0.3) is 11.3 Å². The van der Waals surface area contributed by atoms with Crippen LogP contribution in [0.3, 0.4) is 0 Å². The van der Waals surface area contributed by atoms with Crippen LogP contribution in [0.15, 0.2) is 18.2 Å². The maximum Gasteiger partial charge on any atom is 0.339 e. The molecule has 0 atom stereocenters. The van der Waals surface area contributed by atoms with Crippen molar-refractivity contribution in [1.29, 1.82) is 0 Å². The van der Waals surface area contributed by atoms with Gasteiger partial charge in [-0.2, -0.15) is 5.10 Å². The Morgan fingerprint density at radius 1 is 1.32 bits per heavy atom. The first kappa shape index (κ1) is 11.6. The molecule has 0 unspecified atom stereocenters. The summed E-state index contributed by atoms with van der Waals surface area (Å²) in [5, 5.41) is 16.0. The largest absolute Gasteiger partial charge is 0.486 e. The van der Waals surface area contributed by atoms with Gasteiger partial charge >= 0.3 is 5.97 Å². The Bertz CT molecular complexity index is 648. The van der Waals surface area contributed by atoms with Gasteiger partial charge in [-0.1, -0.05) is 0 Å². The highest BCUT2D eigenvalue weighted by molar-refractivity contribution is 5.96. The normalized spacial score (nSPS) is 13.3. The highest BCUT2D eigenvalue weighted by atomic mass is 16.6. The third-order valence-electron chi connectivity index (χ3n) is 2.98. The molecule has 0 amide bonds. The molecule has 6 heteroatoms. The zero-order chi connectivity index (χ0) is 13.4. The first-order chi connectivity index (χ1) is 9.16. The van der Waals surface area contributed by atoms with Gasteiger partial charge < -0.3 is 14.6 Å². The monoisotopic (exact) mass is 260 g/mol. The Kier molecular flexibility index (Phi) is 2.63. The summed E-state index contributed by atoms with van der Waals surface area (Å²) in [6, 6.07) is 5.28. The van der Waals surface area contributed by atoms with Gasteiger partial charge in [-0.15, -0.1) is 0 Å². The summed E-state index contributed by atoms with van der Waals surface area (Å²) in [6.07, 6.45) is 0. The minimum atomic E-state index is -1.00. The summed E-state index contributed by atoms with van der Waals surface area (Å²) < 4.78 is 10.9. The van der Waals surface area contributed by atoms with Gasteiger partial charge in [0.05, 0.1) is 0 Å². The number of hydrogen-bond donors (Lipinski definition) is 2. The molecule has 2 aromatic rings. The van der Waals surface area contributed by atoms with Crippen LogP contribution in [0.1, 0.15) is 16.1 Å². The number of carboxylic acid groups (broad SMARTS) is 1. The average Bonchev–Trinajstić information content (AvgIpc) is 2.80. The number of aromatic amines is 1.